The van der Waals surface area contributed by atoms with E-state index in [1.165, 1.54) is 12.4 Å². The van der Waals surface area contributed by atoms with Gasteiger partial charge in [0.15, 0.2) is 5.82 Å². The topological polar surface area (TPSA) is 137 Å². The minimum atomic E-state index is -0.806. The molecule has 1 atom stereocenters. The van der Waals surface area contributed by atoms with Crippen LogP contribution >= 0.6 is 0 Å². The number of benzene rings is 3. The molecular weight excluding hydrogens is 518 g/mol. The minimum Gasteiger partial charge on any atom is -0.382 e. The molecule has 41 heavy (non-hydrogen) atoms. The molecule has 206 valence electrons. The van der Waals surface area contributed by atoms with Crippen molar-refractivity contribution in [3.8, 4) is 5.69 Å². The number of fused-ring (bicyclic) bond motifs is 2. The van der Waals surface area contributed by atoms with Crippen LogP contribution in [0.3, 0.4) is 0 Å². The maximum Gasteiger partial charge on any atom is 0.251 e. The van der Waals surface area contributed by atoms with E-state index in [1.807, 2.05) is 61.6 Å². The summed E-state index contributed by atoms with van der Waals surface area (Å²) in [6.45, 7) is 2.47. The molecule has 0 radical (unpaired) electrons. The van der Waals surface area contributed by atoms with Crippen molar-refractivity contribution in [2.75, 3.05) is 17.6 Å². The second kappa shape index (κ2) is 10.7. The van der Waals surface area contributed by atoms with Crippen molar-refractivity contribution in [3.05, 3.63) is 95.3 Å². The Morgan fingerprint density at radius 2 is 1.98 bits per heavy atom. The second-order valence-electron chi connectivity index (χ2n) is 9.95. The van der Waals surface area contributed by atoms with Gasteiger partial charge in [-0.3, -0.25) is 14.3 Å². The summed E-state index contributed by atoms with van der Waals surface area (Å²) in [6.07, 6.45) is 6.27. The average molecular weight is 548 g/mol. The molecule has 0 spiro atoms. The summed E-state index contributed by atoms with van der Waals surface area (Å²) in [5.74, 6) is -0.184. The summed E-state index contributed by atoms with van der Waals surface area (Å²) in [5.41, 5.74) is 12.0. The molecule has 3 heterocycles. The smallest absolute Gasteiger partial charge is 0.251 e. The van der Waals surface area contributed by atoms with E-state index in [0.29, 0.717) is 24.5 Å². The number of aromatic nitrogens is 6. The Kier molecular flexibility index (Phi) is 6.76. The van der Waals surface area contributed by atoms with E-state index >= 15 is 0 Å². The molecule has 2 aromatic heterocycles. The van der Waals surface area contributed by atoms with E-state index in [4.69, 9.17) is 5.73 Å². The van der Waals surface area contributed by atoms with Crippen molar-refractivity contribution >= 4 is 40.3 Å². The lowest BCUT2D eigenvalue weighted by molar-refractivity contribution is -0.135. The monoisotopic (exact) mass is 547 g/mol. The van der Waals surface area contributed by atoms with Gasteiger partial charge in [-0.05, 0) is 76.4 Å². The van der Waals surface area contributed by atoms with E-state index < -0.39 is 6.04 Å². The average Bonchev–Trinajstić information content (AvgIpc) is 3.63. The first kappa shape index (κ1) is 25.9. The number of rotatable bonds is 6. The lowest BCUT2D eigenvalue weighted by Crippen LogP contribution is -2.44. The van der Waals surface area contributed by atoms with Gasteiger partial charge >= 0.3 is 0 Å². The summed E-state index contributed by atoms with van der Waals surface area (Å²) in [4.78, 5) is 29.2. The van der Waals surface area contributed by atoms with Crippen LogP contribution in [-0.2, 0) is 29.5 Å². The van der Waals surface area contributed by atoms with Crippen molar-refractivity contribution < 1.29 is 9.59 Å². The summed E-state index contributed by atoms with van der Waals surface area (Å²) < 4.78 is 3.25. The Morgan fingerprint density at radius 3 is 2.78 bits per heavy atom. The molecule has 1 aliphatic rings. The van der Waals surface area contributed by atoms with E-state index in [2.05, 4.69) is 32.9 Å². The van der Waals surface area contributed by atoms with Crippen LogP contribution in [0.5, 0.6) is 0 Å². The number of amides is 2. The predicted octanol–water partition coefficient (Wildman–Crippen LogP) is 3.47. The standard InChI is InChI=1S/C30H29N9O2/c1-3-19-8-11-25(39-18-32-35-36-39)21(16-19)9-13-27(40)38-15-14-20-6-4-5-7-23(20)28(38)30(41)33-22-10-12-26-24(17-22)29(31)34-37(26)2/h4-13,16-18,28H,3,14-15H2,1-2H3,(H2,31,34)(H,33,41)/b13-9+/t28-/m0/s1. The van der Waals surface area contributed by atoms with Crippen LogP contribution in [0.15, 0.2) is 73.1 Å². The second-order valence-corrected chi connectivity index (χ2v) is 9.95. The molecule has 2 amide bonds. The first-order chi connectivity index (χ1) is 19.9. The largest absolute Gasteiger partial charge is 0.382 e. The van der Waals surface area contributed by atoms with Gasteiger partial charge in [0.25, 0.3) is 5.91 Å². The number of aryl methyl sites for hydroxylation is 2. The molecule has 5 aromatic rings. The first-order valence-corrected chi connectivity index (χ1v) is 13.4. The molecule has 0 fully saturated rings. The Bertz CT molecular complexity index is 1790. The minimum absolute atomic E-state index is 0.267. The van der Waals surface area contributed by atoms with Crippen LogP contribution in [-0.4, -0.2) is 53.2 Å². The molecule has 11 heteroatoms. The van der Waals surface area contributed by atoms with Gasteiger partial charge in [0.2, 0.25) is 5.91 Å². The van der Waals surface area contributed by atoms with Gasteiger partial charge in [-0.25, -0.2) is 0 Å². The molecule has 0 saturated heterocycles. The number of hydrogen-bond donors (Lipinski definition) is 2. The zero-order valence-corrected chi connectivity index (χ0v) is 22.7. The fraction of sp³-hybridized carbons (Fsp3) is 0.200. The molecule has 1 aliphatic heterocycles. The van der Waals surface area contributed by atoms with Crippen LogP contribution in [0.4, 0.5) is 11.5 Å². The Morgan fingerprint density at radius 1 is 1.12 bits per heavy atom. The van der Waals surface area contributed by atoms with Gasteiger partial charge < -0.3 is 16.0 Å². The summed E-state index contributed by atoms with van der Waals surface area (Å²) in [5, 5.41) is 19.5. The van der Waals surface area contributed by atoms with Gasteiger partial charge in [0, 0.05) is 36.3 Å². The third kappa shape index (κ3) is 4.93. The quantitative estimate of drug-likeness (QED) is 0.311. The predicted molar refractivity (Wildman–Crippen MR) is 156 cm³/mol. The normalized spacial score (nSPS) is 14.9. The van der Waals surface area contributed by atoms with E-state index in [9.17, 15) is 9.59 Å². The number of nitrogens with one attached hydrogen (secondary N) is 1. The van der Waals surface area contributed by atoms with E-state index in [-0.39, 0.29) is 11.8 Å². The third-order valence-electron chi connectivity index (χ3n) is 7.46. The van der Waals surface area contributed by atoms with Crippen molar-refractivity contribution in [3.63, 3.8) is 0 Å². The maximum absolute atomic E-state index is 13.8. The van der Waals surface area contributed by atoms with Gasteiger partial charge in [-0.2, -0.15) is 9.78 Å². The maximum atomic E-state index is 13.8. The highest BCUT2D eigenvalue weighted by molar-refractivity contribution is 6.02. The van der Waals surface area contributed by atoms with Crippen LogP contribution in [0.2, 0.25) is 0 Å². The Balaban J connectivity index is 1.31. The van der Waals surface area contributed by atoms with Crippen molar-refractivity contribution in [2.24, 2.45) is 7.05 Å². The van der Waals surface area contributed by atoms with Crippen LogP contribution in [0.25, 0.3) is 22.7 Å². The van der Waals surface area contributed by atoms with Crippen LogP contribution in [0, 0.1) is 0 Å². The zero-order chi connectivity index (χ0) is 28.5. The Hall–Kier alpha value is -5.32. The lowest BCUT2D eigenvalue weighted by atomic mass is 9.91. The molecule has 0 saturated carbocycles. The summed E-state index contributed by atoms with van der Waals surface area (Å²) in [7, 11) is 1.82. The molecular formula is C30H29N9O2. The van der Waals surface area contributed by atoms with Gasteiger partial charge in [0.1, 0.15) is 12.4 Å². The number of anilines is 2. The molecule has 0 bridgehead atoms. The van der Waals surface area contributed by atoms with Crippen LogP contribution in [0.1, 0.15) is 35.2 Å². The highest BCUT2D eigenvalue weighted by atomic mass is 16.2. The van der Waals surface area contributed by atoms with E-state index in [1.54, 1.807) is 26.4 Å². The number of carbonyl (C=O) groups excluding carboxylic acids is 2. The summed E-state index contributed by atoms with van der Waals surface area (Å²) >= 11 is 0. The third-order valence-corrected chi connectivity index (χ3v) is 7.46. The molecule has 0 aliphatic carbocycles. The number of nitrogens with zero attached hydrogens (tertiary/aromatic N) is 7. The van der Waals surface area contributed by atoms with Gasteiger partial charge in [0.05, 0.1) is 11.2 Å². The number of carbonyl (C=O) groups is 2. The van der Waals surface area contributed by atoms with Crippen molar-refractivity contribution in [1.82, 2.24) is 34.9 Å². The number of tetrazole rings is 1. The number of nitrogens with two attached hydrogens (primary N) is 1. The molecule has 6 rings (SSSR count). The highest BCUT2D eigenvalue weighted by Gasteiger charge is 2.35. The molecule has 3 aromatic carbocycles. The van der Waals surface area contributed by atoms with Crippen LogP contribution < -0.4 is 11.1 Å². The van der Waals surface area contributed by atoms with Crippen molar-refractivity contribution in [2.45, 2.75) is 25.8 Å². The lowest BCUT2D eigenvalue weighted by Gasteiger charge is -2.35. The van der Waals surface area contributed by atoms with Crippen molar-refractivity contribution in [1.29, 1.82) is 0 Å². The fourth-order valence-electron chi connectivity index (χ4n) is 5.36. The zero-order valence-electron chi connectivity index (χ0n) is 22.7. The molecule has 0 unspecified atom stereocenters. The molecule has 3 N–H and O–H groups in total. The highest BCUT2D eigenvalue weighted by Crippen LogP contribution is 2.32. The molecule has 11 nitrogen and oxygen atoms in total. The van der Waals surface area contributed by atoms with E-state index in [0.717, 1.165) is 45.3 Å². The fourth-order valence-corrected chi connectivity index (χ4v) is 5.36. The van der Waals surface area contributed by atoms with Gasteiger partial charge in [-0.15, -0.1) is 5.10 Å². The number of hydrogen-bond acceptors (Lipinski definition) is 7. The Labute approximate surface area is 236 Å². The first-order valence-electron chi connectivity index (χ1n) is 13.4. The number of nitrogen functional groups attached to an aromatic ring is 1. The van der Waals surface area contributed by atoms with Gasteiger partial charge in [-0.1, -0.05) is 37.3 Å². The SMILES string of the molecule is CCc1ccc(-n2cnnn2)c(/C=C/C(=O)N2CCc3ccccc3[C@H]2C(=O)Nc2ccc3c(c2)c(N)nn3C)c1. The summed E-state index contributed by atoms with van der Waals surface area (Å²) in [6, 6.07) is 18.4.